The van der Waals surface area contributed by atoms with Gasteiger partial charge in [0.05, 0.1) is 18.2 Å². The predicted molar refractivity (Wildman–Crippen MR) is 126 cm³/mol. The summed E-state index contributed by atoms with van der Waals surface area (Å²) in [4.78, 5) is 17.4. The molecule has 1 atom stereocenters. The van der Waals surface area contributed by atoms with Gasteiger partial charge in [0, 0.05) is 13.1 Å². The lowest BCUT2D eigenvalue weighted by Gasteiger charge is -2.38. The zero-order valence-electron chi connectivity index (χ0n) is 19.0. The second-order valence-electron chi connectivity index (χ2n) is 9.00. The number of likely N-dealkylation sites (tertiary alicyclic amines) is 1. The maximum atomic E-state index is 13.4. The number of hydrogen-bond donors (Lipinski definition) is 1. The lowest BCUT2D eigenvalue weighted by atomic mass is 10.0. The number of nitrogens with one attached hydrogen (secondary N) is 1. The Labute approximate surface area is 190 Å². The van der Waals surface area contributed by atoms with Crippen LogP contribution in [0.1, 0.15) is 43.2 Å². The summed E-state index contributed by atoms with van der Waals surface area (Å²) >= 11 is 0. The molecule has 1 unspecified atom stereocenters. The number of anilines is 1. The predicted octanol–water partition coefficient (Wildman–Crippen LogP) is 4.28. The maximum Gasteiger partial charge on any atom is 0.222 e. The molecule has 0 bridgehead atoms. The summed E-state index contributed by atoms with van der Waals surface area (Å²) in [5.41, 5.74) is 3.12. The molecule has 32 heavy (non-hydrogen) atoms. The van der Waals surface area contributed by atoms with Gasteiger partial charge in [-0.2, -0.15) is 0 Å². The van der Waals surface area contributed by atoms with Gasteiger partial charge in [-0.05, 0) is 81.2 Å². The molecule has 2 aliphatic rings. The van der Waals surface area contributed by atoms with Crippen LogP contribution in [0.4, 0.5) is 10.1 Å². The van der Waals surface area contributed by atoms with Crippen LogP contribution in [0.3, 0.4) is 0 Å². The Balaban J connectivity index is 1.36. The van der Waals surface area contributed by atoms with Gasteiger partial charge in [-0.3, -0.25) is 4.79 Å². The molecule has 1 fully saturated rings. The van der Waals surface area contributed by atoms with Crippen molar-refractivity contribution in [2.24, 2.45) is 0 Å². The number of piperidine rings is 1. The molecule has 0 radical (unpaired) electrons. The van der Waals surface area contributed by atoms with Crippen LogP contribution < -0.4 is 15.0 Å². The quantitative estimate of drug-likeness (QED) is 0.624. The Morgan fingerprint density at radius 1 is 1.12 bits per heavy atom. The van der Waals surface area contributed by atoms with E-state index < -0.39 is 0 Å². The van der Waals surface area contributed by atoms with Gasteiger partial charge in [0.1, 0.15) is 18.2 Å². The number of aryl methyl sites for hydroxylation is 1. The number of carbonyl (C=O) groups is 1. The topological polar surface area (TPSA) is 44.8 Å². The molecule has 2 aromatic carbocycles. The summed E-state index contributed by atoms with van der Waals surface area (Å²) in [6.07, 6.45) is 5.28. The number of ether oxygens (including phenoxy) is 1. The monoisotopic (exact) mass is 439 g/mol. The molecule has 172 valence electrons. The highest BCUT2D eigenvalue weighted by molar-refractivity contribution is 5.77. The van der Waals surface area contributed by atoms with Crippen molar-refractivity contribution < 1.29 is 13.9 Å². The van der Waals surface area contributed by atoms with Crippen molar-refractivity contribution in [3.63, 3.8) is 0 Å². The van der Waals surface area contributed by atoms with Crippen LogP contribution in [0.15, 0.2) is 42.5 Å². The zero-order chi connectivity index (χ0) is 22.3. The number of fused-ring (bicyclic) bond motifs is 1. The molecule has 0 aromatic heterocycles. The number of benzene rings is 2. The highest BCUT2D eigenvalue weighted by Crippen LogP contribution is 2.36. The Morgan fingerprint density at radius 2 is 1.91 bits per heavy atom. The molecular weight excluding hydrogens is 405 g/mol. The van der Waals surface area contributed by atoms with Crippen molar-refractivity contribution in [3.8, 4) is 5.75 Å². The molecule has 0 spiro atoms. The molecule has 0 aliphatic carbocycles. The van der Waals surface area contributed by atoms with Gasteiger partial charge in [0.15, 0.2) is 0 Å². The van der Waals surface area contributed by atoms with Crippen LogP contribution in [0.5, 0.6) is 5.75 Å². The number of amides is 1. The van der Waals surface area contributed by atoms with E-state index in [1.54, 1.807) is 12.1 Å². The van der Waals surface area contributed by atoms with Crippen LogP contribution >= 0.6 is 0 Å². The number of hydrogen-bond acceptors (Lipinski definition) is 4. The van der Waals surface area contributed by atoms with E-state index in [0.717, 1.165) is 35.5 Å². The summed E-state index contributed by atoms with van der Waals surface area (Å²) in [5, 5.41) is 3.10. The van der Waals surface area contributed by atoms with Crippen LogP contribution in [0.25, 0.3) is 0 Å². The average Bonchev–Trinajstić information content (AvgIpc) is 2.80. The number of nitrogens with zero attached hydrogens (tertiary/aromatic N) is 2. The van der Waals surface area contributed by atoms with E-state index in [2.05, 4.69) is 27.2 Å². The van der Waals surface area contributed by atoms with Gasteiger partial charge >= 0.3 is 0 Å². The fourth-order valence-electron chi connectivity index (χ4n) is 4.62. The lowest BCUT2D eigenvalue weighted by Crippen LogP contribution is -2.45. The van der Waals surface area contributed by atoms with E-state index in [1.807, 2.05) is 13.0 Å². The molecule has 2 aliphatic heterocycles. The van der Waals surface area contributed by atoms with E-state index >= 15 is 0 Å². The molecule has 4 rings (SSSR count). The molecule has 1 amide bonds. The second-order valence-corrected chi connectivity index (χ2v) is 9.00. The average molecular weight is 440 g/mol. The van der Waals surface area contributed by atoms with Crippen molar-refractivity contribution in [3.05, 3.63) is 59.4 Å². The molecule has 1 saturated heterocycles. The van der Waals surface area contributed by atoms with Gasteiger partial charge < -0.3 is 19.9 Å². The number of rotatable bonds is 8. The van der Waals surface area contributed by atoms with Crippen molar-refractivity contribution >= 4 is 11.6 Å². The fourth-order valence-corrected chi connectivity index (χ4v) is 4.62. The minimum atomic E-state index is -0.243. The Kier molecular flexibility index (Phi) is 7.63. The second kappa shape index (κ2) is 10.8. The fraction of sp³-hybridized carbons (Fsp3) is 0.500. The molecular formula is C26H34FN3O2. The largest absolute Gasteiger partial charge is 0.489 e. The third kappa shape index (κ3) is 6.00. The molecule has 0 saturated carbocycles. The van der Waals surface area contributed by atoms with Crippen molar-refractivity contribution in [1.29, 1.82) is 0 Å². The third-order valence-corrected chi connectivity index (χ3v) is 6.41. The van der Waals surface area contributed by atoms with E-state index in [4.69, 9.17) is 4.74 Å². The van der Waals surface area contributed by atoms with Gasteiger partial charge in [-0.25, -0.2) is 4.39 Å². The summed E-state index contributed by atoms with van der Waals surface area (Å²) < 4.78 is 19.4. The Hall–Kier alpha value is -2.60. The van der Waals surface area contributed by atoms with Crippen LogP contribution in [-0.4, -0.2) is 49.6 Å². The van der Waals surface area contributed by atoms with Crippen molar-refractivity contribution in [2.75, 3.05) is 37.7 Å². The maximum absolute atomic E-state index is 13.4. The van der Waals surface area contributed by atoms with Crippen LogP contribution in [-0.2, 0) is 11.3 Å². The van der Waals surface area contributed by atoms with E-state index in [0.29, 0.717) is 26.1 Å². The SMILES string of the molecule is Cc1ccc2c(c1)OCC(CC(=O)NCCCN1CCCCC1)N2Cc1ccc(F)cc1. The van der Waals surface area contributed by atoms with Gasteiger partial charge in [-0.15, -0.1) is 0 Å². The van der Waals surface area contributed by atoms with Crippen LogP contribution in [0.2, 0.25) is 0 Å². The molecule has 6 heteroatoms. The normalized spacial score (nSPS) is 18.7. The van der Waals surface area contributed by atoms with E-state index in [-0.39, 0.29) is 17.8 Å². The minimum absolute atomic E-state index is 0.0527. The number of carbonyl (C=O) groups excluding carboxylic acids is 1. The lowest BCUT2D eigenvalue weighted by molar-refractivity contribution is -0.121. The van der Waals surface area contributed by atoms with Gasteiger partial charge in [0.25, 0.3) is 0 Å². The molecule has 1 N–H and O–H groups in total. The summed E-state index contributed by atoms with van der Waals surface area (Å²) in [6, 6.07) is 12.6. The van der Waals surface area contributed by atoms with Crippen molar-refractivity contribution in [2.45, 2.75) is 51.6 Å². The van der Waals surface area contributed by atoms with Gasteiger partial charge in [-0.1, -0.05) is 24.6 Å². The number of halogens is 1. The first-order valence-corrected chi connectivity index (χ1v) is 11.8. The Bertz CT molecular complexity index is 896. The first-order valence-electron chi connectivity index (χ1n) is 11.8. The zero-order valence-corrected chi connectivity index (χ0v) is 19.0. The van der Waals surface area contributed by atoms with Crippen molar-refractivity contribution in [1.82, 2.24) is 10.2 Å². The first kappa shape index (κ1) is 22.6. The van der Waals surface area contributed by atoms with Gasteiger partial charge in [0.2, 0.25) is 5.91 Å². The van der Waals surface area contributed by atoms with E-state index in [9.17, 15) is 9.18 Å². The summed E-state index contributed by atoms with van der Waals surface area (Å²) in [7, 11) is 0. The van der Waals surface area contributed by atoms with E-state index in [1.165, 1.54) is 44.5 Å². The third-order valence-electron chi connectivity index (χ3n) is 6.41. The molecule has 2 aromatic rings. The first-order chi connectivity index (χ1) is 15.6. The van der Waals surface area contributed by atoms with Crippen LogP contribution in [0, 0.1) is 12.7 Å². The molecule has 2 heterocycles. The Morgan fingerprint density at radius 3 is 2.69 bits per heavy atom. The smallest absolute Gasteiger partial charge is 0.222 e. The molecule has 5 nitrogen and oxygen atoms in total. The highest BCUT2D eigenvalue weighted by Gasteiger charge is 2.29. The highest BCUT2D eigenvalue weighted by atomic mass is 19.1. The minimum Gasteiger partial charge on any atom is -0.489 e. The standard InChI is InChI=1S/C26H34FN3O2/c1-20-6-11-24-25(16-20)32-19-23(30(24)18-21-7-9-22(27)10-8-21)17-26(31)28-12-5-15-29-13-3-2-4-14-29/h6-11,16,23H,2-5,12-15,17-19H2,1H3,(H,28,31). The summed E-state index contributed by atoms with van der Waals surface area (Å²) in [6.45, 7) is 7.23. The summed E-state index contributed by atoms with van der Waals surface area (Å²) in [5.74, 6) is 0.648.